The van der Waals surface area contributed by atoms with Crippen LogP contribution in [0.2, 0.25) is 0 Å². The molecule has 0 aromatic heterocycles. The molecule has 7 heteroatoms. The van der Waals surface area contributed by atoms with Crippen molar-refractivity contribution in [2.24, 2.45) is 0 Å². The summed E-state index contributed by atoms with van der Waals surface area (Å²) in [6, 6.07) is 0. The van der Waals surface area contributed by atoms with E-state index in [0.717, 1.165) is 31.6 Å². The van der Waals surface area contributed by atoms with Crippen molar-refractivity contribution in [1.82, 2.24) is 14.9 Å². The number of amides is 1. The van der Waals surface area contributed by atoms with Gasteiger partial charge in [-0.1, -0.05) is 27.7 Å². The molecule has 2 fully saturated rings. The Bertz CT molecular complexity index is 519. The molecule has 0 unspecified atom stereocenters. The Morgan fingerprint density at radius 1 is 1.15 bits per heavy atom. The Balaban J connectivity index is 0.000000791. The molecule has 2 saturated heterocycles. The highest BCUT2D eigenvalue weighted by atomic mass is 16.7. The summed E-state index contributed by atoms with van der Waals surface area (Å²) in [5, 5.41) is 1.57. The van der Waals surface area contributed by atoms with Crippen molar-refractivity contribution in [3.05, 3.63) is 24.2 Å². The first-order valence-electron chi connectivity index (χ1n) is 9.62. The Hall–Kier alpha value is -2.02. The third-order valence-corrected chi connectivity index (χ3v) is 4.13. The zero-order valence-electron chi connectivity index (χ0n) is 16.7. The van der Waals surface area contributed by atoms with Crippen LogP contribution in [-0.4, -0.2) is 66.1 Å². The Kier molecular flexibility index (Phi) is 9.80. The summed E-state index contributed by atoms with van der Waals surface area (Å²) < 4.78 is 5.21. The van der Waals surface area contributed by atoms with Crippen LogP contribution in [0.5, 0.6) is 0 Å². The lowest BCUT2D eigenvalue weighted by Gasteiger charge is -2.36. The van der Waals surface area contributed by atoms with Gasteiger partial charge >= 0.3 is 5.97 Å². The topological polar surface area (TPSA) is 62.3 Å². The summed E-state index contributed by atoms with van der Waals surface area (Å²) in [5.74, 6) is -0.0193. The molecule has 3 aliphatic rings. The minimum absolute atomic E-state index is 0.0235. The van der Waals surface area contributed by atoms with Crippen LogP contribution in [0.25, 0.3) is 0 Å². The van der Waals surface area contributed by atoms with Gasteiger partial charge in [0.05, 0.1) is 18.4 Å². The minimum Gasteiger partial charge on any atom is -0.462 e. The van der Waals surface area contributed by atoms with Crippen molar-refractivity contribution in [3.63, 3.8) is 0 Å². The number of allylic oxidation sites excluding steroid dienone is 1. The van der Waals surface area contributed by atoms with E-state index >= 15 is 0 Å². The molecule has 0 spiro atoms. The normalized spacial score (nSPS) is 22.5. The number of hydroxylamine groups is 2. The molecule has 3 heterocycles. The molecule has 3 aliphatic heterocycles. The van der Waals surface area contributed by atoms with Crippen LogP contribution in [0, 0.1) is 0 Å². The first kappa shape index (κ1) is 22.0. The predicted molar refractivity (Wildman–Crippen MR) is 101 cm³/mol. The molecule has 26 heavy (non-hydrogen) atoms. The summed E-state index contributed by atoms with van der Waals surface area (Å²) in [6.07, 6.45) is 7.32. The van der Waals surface area contributed by atoms with E-state index < -0.39 is 0 Å². The van der Waals surface area contributed by atoms with Crippen LogP contribution in [-0.2, 0) is 19.2 Å². The lowest BCUT2D eigenvalue weighted by Crippen LogP contribution is -2.50. The minimum atomic E-state index is -0.103. The van der Waals surface area contributed by atoms with E-state index in [9.17, 15) is 9.59 Å². The zero-order chi connectivity index (χ0) is 19.5. The number of hydrogen-bond acceptors (Lipinski definition) is 6. The summed E-state index contributed by atoms with van der Waals surface area (Å²) in [7, 11) is 1.78. The molecule has 0 aromatic rings. The van der Waals surface area contributed by atoms with E-state index in [2.05, 4.69) is 4.90 Å². The number of esters is 1. The van der Waals surface area contributed by atoms with Gasteiger partial charge < -0.3 is 14.5 Å². The van der Waals surface area contributed by atoms with Crippen molar-refractivity contribution >= 4 is 11.9 Å². The summed E-state index contributed by atoms with van der Waals surface area (Å²) in [4.78, 5) is 32.5. The molecule has 0 radical (unpaired) electrons. The van der Waals surface area contributed by atoms with E-state index in [0.29, 0.717) is 19.5 Å². The molecular weight excluding hydrogens is 334 g/mol. The fourth-order valence-corrected chi connectivity index (χ4v) is 2.91. The van der Waals surface area contributed by atoms with Crippen molar-refractivity contribution in [3.8, 4) is 0 Å². The molecular formula is C19H33N3O4. The van der Waals surface area contributed by atoms with Crippen molar-refractivity contribution in [1.29, 1.82) is 0 Å². The molecule has 1 atom stereocenters. The van der Waals surface area contributed by atoms with E-state index in [-0.39, 0.29) is 18.0 Å². The van der Waals surface area contributed by atoms with Gasteiger partial charge in [-0.3, -0.25) is 14.5 Å². The molecule has 0 saturated carbocycles. The van der Waals surface area contributed by atoms with Gasteiger partial charge in [0, 0.05) is 39.2 Å². The maximum absolute atomic E-state index is 12.3. The van der Waals surface area contributed by atoms with E-state index in [1.165, 1.54) is 0 Å². The molecule has 148 valence electrons. The molecule has 0 aromatic carbocycles. The maximum Gasteiger partial charge on any atom is 0.306 e. The Morgan fingerprint density at radius 3 is 2.46 bits per heavy atom. The standard InChI is InChI=1S/C15H21N3O4.2C2H6/c1-16-10-12(5-9-21-16)18-8-7-17(11-14(18)19)6-4-13-2-3-15(20)22-13;2*1-2/h5,9-10,13H,2-4,6-8,11H2,1H3;2*1-2H3/t13-;;/m0../s1. The maximum atomic E-state index is 12.3. The van der Waals surface area contributed by atoms with Gasteiger partial charge in [-0.15, -0.1) is 0 Å². The van der Waals surface area contributed by atoms with Crippen LogP contribution in [0.3, 0.4) is 0 Å². The summed E-state index contributed by atoms with van der Waals surface area (Å²) in [6.45, 7) is 10.7. The fraction of sp³-hybridized carbons (Fsp3) is 0.684. The number of hydrogen-bond donors (Lipinski definition) is 0. The molecule has 0 aliphatic carbocycles. The zero-order valence-corrected chi connectivity index (χ0v) is 16.7. The third-order valence-electron chi connectivity index (χ3n) is 4.13. The lowest BCUT2D eigenvalue weighted by molar-refractivity contribution is -0.142. The van der Waals surface area contributed by atoms with Crippen LogP contribution in [0.4, 0.5) is 0 Å². The lowest BCUT2D eigenvalue weighted by atomic mass is 10.1. The van der Waals surface area contributed by atoms with Crippen LogP contribution in [0.1, 0.15) is 47.0 Å². The average Bonchev–Trinajstić information content (AvgIpc) is 3.09. The third kappa shape index (κ3) is 6.37. The van der Waals surface area contributed by atoms with Crippen LogP contribution >= 0.6 is 0 Å². The highest BCUT2D eigenvalue weighted by Gasteiger charge is 2.28. The number of rotatable bonds is 4. The van der Waals surface area contributed by atoms with Gasteiger partial charge in [0.25, 0.3) is 0 Å². The van der Waals surface area contributed by atoms with Crippen molar-refractivity contribution < 1.29 is 19.2 Å². The molecule has 3 rings (SSSR count). The van der Waals surface area contributed by atoms with Gasteiger partial charge in [0.2, 0.25) is 5.91 Å². The van der Waals surface area contributed by atoms with Gasteiger partial charge in [-0.2, -0.15) is 0 Å². The van der Waals surface area contributed by atoms with Crippen molar-refractivity contribution in [2.75, 3.05) is 33.2 Å². The number of carbonyl (C=O) groups is 2. The number of nitrogens with zero attached hydrogens (tertiary/aromatic N) is 3. The number of carbonyl (C=O) groups excluding carboxylic acids is 2. The Morgan fingerprint density at radius 2 is 1.88 bits per heavy atom. The second kappa shape index (κ2) is 11.6. The molecule has 7 nitrogen and oxygen atoms in total. The largest absolute Gasteiger partial charge is 0.462 e. The average molecular weight is 367 g/mol. The van der Waals surface area contributed by atoms with Crippen molar-refractivity contribution in [2.45, 2.75) is 53.1 Å². The number of cyclic esters (lactones) is 1. The second-order valence-corrected chi connectivity index (χ2v) is 5.77. The van der Waals surface area contributed by atoms with Gasteiger partial charge in [-0.25, -0.2) is 5.06 Å². The van der Waals surface area contributed by atoms with Gasteiger partial charge in [0.15, 0.2) is 0 Å². The van der Waals surface area contributed by atoms with E-state index in [4.69, 9.17) is 9.57 Å². The predicted octanol–water partition coefficient (Wildman–Crippen LogP) is 2.51. The first-order valence-corrected chi connectivity index (χ1v) is 9.62. The van der Waals surface area contributed by atoms with Gasteiger partial charge in [0.1, 0.15) is 12.4 Å². The monoisotopic (exact) mass is 367 g/mol. The number of ether oxygens (including phenoxy) is 1. The summed E-state index contributed by atoms with van der Waals surface area (Å²) >= 11 is 0. The number of piperazine rings is 1. The first-order chi connectivity index (χ1) is 12.6. The van der Waals surface area contributed by atoms with Gasteiger partial charge in [-0.05, 0) is 12.8 Å². The fourth-order valence-electron chi connectivity index (χ4n) is 2.91. The Labute approximate surface area is 157 Å². The highest BCUT2D eigenvalue weighted by molar-refractivity contribution is 5.81. The molecule has 1 amide bonds. The van der Waals surface area contributed by atoms with Crippen LogP contribution in [0.15, 0.2) is 24.2 Å². The highest BCUT2D eigenvalue weighted by Crippen LogP contribution is 2.19. The summed E-state index contributed by atoms with van der Waals surface area (Å²) in [5.41, 5.74) is 0.850. The SMILES string of the molecule is CC.CC.CN1C=C(N2CCN(CC[C@@H]3CCC(=O)O3)CC2=O)C=CO1. The quantitative estimate of drug-likeness (QED) is 0.712. The van der Waals surface area contributed by atoms with E-state index in [1.807, 2.05) is 27.7 Å². The molecule has 0 bridgehead atoms. The van der Waals surface area contributed by atoms with E-state index in [1.54, 1.807) is 35.5 Å². The molecule has 0 N–H and O–H groups in total. The second-order valence-electron chi connectivity index (χ2n) is 5.77. The smallest absolute Gasteiger partial charge is 0.306 e. The van der Waals surface area contributed by atoms with Crippen LogP contribution < -0.4 is 0 Å².